The van der Waals surface area contributed by atoms with Gasteiger partial charge in [0, 0.05) is 66.0 Å². The number of methoxy groups -OCH3 is 2. The van der Waals surface area contributed by atoms with Crippen molar-refractivity contribution < 1.29 is 14.3 Å². The van der Waals surface area contributed by atoms with Gasteiger partial charge in [0.05, 0.1) is 26.5 Å². The molecule has 1 saturated heterocycles. The van der Waals surface area contributed by atoms with E-state index in [4.69, 9.17) is 26.1 Å². The van der Waals surface area contributed by atoms with Crippen molar-refractivity contribution in [1.82, 2.24) is 14.8 Å². The molecule has 0 radical (unpaired) electrons. The second-order valence-corrected chi connectivity index (χ2v) is 8.81. The monoisotopic (exact) mass is 472 g/mol. The van der Waals surface area contributed by atoms with Crippen molar-refractivity contribution in [2.24, 2.45) is 0 Å². The van der Waals surface area contributed by atoms with Crippen LogP contribution in [0.3, 0.4) is 0 Å². The summed E-state index contributed by atoms with van der Waals surface area (Å²) in [4.78, 5) is 21.6. The van der Waals surface area contributed by atoms with Gasteiger partial charge in [0.1, 0.15) is 16.5 Å². The number of hydrogen-bond donors (Lipinski definition) is 1. The molecule has 32 heavy (non-hydrogen) atoms. The number of aromatic nitrogens is 1. The third-order valence-corrected chi connectivity index (χ3v) is 6.40. The molecule has 0 spiro atoms. The molecule has 0 aliphatic carbocycles. The predicted octanol–water partition coefficient (Wildman–Crippen LogP) is 4.83. The van der Waals surface area contributed by atoms with Gasteiger partial charge in [-0.1, -0.05) is 23.7 Å². The number of rotatable bonds is 6. The first-order chi connectivity index (χ1) is 15.5. The van der Waals surface area contributed by atoms with Gasteiger partial charge in [-0.2, -0.15) is 0 Å². The molecule has 0 saturated carbocycles. The second-order valence-electron chi connectivity index (χ2n) is 7.43. The van der Waals surface area contributed by atoms with Crippen molar-refractivity contribution in [3.8, 4) is 22.8 Å². The maximum Gasteiger partial charge on any atom is 0.321 e. The van der Waals surface area contributed by atoms with Crippen LogP contribution in [-0.2, 0) is 6.54 Å². The van der Waals surface area contributed by atoms with E-state index in [9.17, 15) is 4.79 Å². The van der Waals surface area contributed by atoms with Crippen molar-refractivity contribution in [2.45, 2.75) is 6.54 Å². The molecule has 4 rings (SSSR count). The summed E-state index contributed by atoms with van der Waals surface area (Å²) in [7, 11) is 3.17. The van der Waals surface area contributed by atoms with Gasteiger partial charge in [0.2, 0.25) is 0 Å². The number of urea groups is 1. The van der Waals surface area contributed by atoms with Crippen LogP contribution in [0.4, 0.5) is 10.5 Å². The van der Waals surface area contributed by atoms with Crippen molar-refractivity contribution in [3.05, 3.63) is 57.9 Å². The molecule has 1 N–H and O–H groups in total. The quantitative estimate of drug-likeness (QED) is 0.556. The number of carbonyl (C=O) groups excluding carboxylic acids is 1. The first-order valence-electron chi connectivity index (χ1n) is 10.3. The highest BCUT2D eigenvalue weighted by Crippen LogP contribution is 2.27. The summed E-state index contributed by atoms with van der Waals surface area (Å²) in [6.45, 7) is 3.68. The summed E-state index contributed by atoms with van der Waals surface area (Å²) in [5, 5.41) is 6.80. The number of halogens is 1. The Morgan fingerprint density at radius 2 is 1.72 bits per heavy atom. The highest BCUT2D eigenvalue weighted by molar-refractivity contribution is 7.09. The number of carbonyl (C=O) groups is 1. The molecule has 2 aromatic carbocycles. The van der Waals surface area contributed by atoms with E-state index in [0.717, 1.165) is 40.9 Å². The Kier molecular flexibility index (Phi) is 7.14. The van der Waals surface area contributed by atoms with Gasteiger partial charge in [0.15, 0.2) is 0 Å². The van der Waals surface area contributed by atoms with Crippen molar-refractivity contribution in [2.75, 3.05) is 45.7 Å². The number of nitrogens with zero attached hydrogens (tertiary/aromatic N) is 3. The molecule has 1 aromatic heterocycles. The molecule has 0 atom stereocenters. The smallest absolute Gasteiger partial charge is 0.321 e. The molecule has 3 aromatic rings. The third kappa shape index (κ3) is 5.51. The van der Waals surface area contributed by atoms with Gasteiger partial charge in [-0.25, -0.2) is 9.78 Å². The normalized spacial score (nSPS) is 14.3. The molecule has 7 nitrogen and oxygen atoms in total. The lowest BCUT2D eigenvalue weighted by Crippen LogP contribution is -2.49. The van der Waals surface area contributed by atoms with Crippen molar-refractivity contribution >= 4 is 34.7 Å². The zero-order valence-electron chi connectivity index (χ0n) is 18.0. The summed E-state index contributed by atoms with van der Waals surface area (Å²) in [6, 6.07) is 12.9. The average Bonchev–Trinajstić information content (AvgIpc) is 3.28. The van der Waals surface area contributed by atoms with E-state index in [-0.39, 0.29) is 6.03 Å². The SMILES string of the molecule is COc1cc(NC(=O)N2CCN(Cc3nc(-c4ccc(Cl)cc4)cs3)CC2)cc(OC)c1. The van der Waals surface area contributed by atoms with Gasteiger partial charge in [-0.15, -0.1) is 11.3 Å². The largest absolute Gasteiger partial charge is 0.497 e. The number of hydrogen-bond acceptors (Lipinski definition) is 6. The molecule has 0 unspecified atom stereocenters. The van der Waals surface area contributed by atoms with E-state index in [1.807, 2.05) is 29.2 Å². The van der Waals surface area contributed by atoms with Crippen LogP contribution in [0.2, 0.25) is 5.02 Å². The molecule has 1 aliphatic rings. The lowest BCUT2D eigenvalue weighted by molar-refractivity contribution is 0.143. The Balaban J connectivity index is 1.30. The first-order valence-corrected chi connectivity index (χ1v) is 11.5. The third-order valence-electron chi connectivity index (χ3n) is 5.31. The van der Waals surface area contributed by atoms with E-state index in [1.165, 1.54) is 0 Å². The number of amides is 2. The van der Waals surface area contributed by atoms with Gasteiger partial charge < -0.3 is 19.7 Å². The number of ether oxygens (including phenoxy) is 2. The van der Waals surface area contributed by atoms with Gasteiger partial charge in [-0.3, -0.25) is 4.90 Å². The number of thiazole rings is 1. The molecule has 168 valence electrons. The van der Waals surface area contributed by atoms with Crippen LogP contribution in [-0.4, -0.2) is 61.2 Å². The fourth-order valence-electron chi connectivity index (χ4n) is 3.52. The molecule has 2 amide bonds. The first kappa shape index (κ1) is 22.4. The Morgan fingerprint density at radius 1 is 1.06 bits per heavy atom. The fourth-order valence-corrected chi connectivity index (χ4v) is 4.49. The minimum atomic E-state index is -0.126. The molecular formula is C23H25ClN4O3S. The van der Waals surface area contributed by atoms with E-state index in [0.29, 0.717) is 30.3 Å². The Morgan fingerprint density at radius 3 is 2.34 bits per heavy atom. The van der Waals surface area contributed by atoms with Crippen molar-refractivity contribution in [3.63, 3.8) is 0 Å². The zero-order valence-corrected chi connectivity index (χ0v) is 19.6. The second kappa shape index (κ2) is 10.2. The molecule has 1 fully saturated rings. The van der Waals surface area contributed by atoms with E-state index >= 15 is 0 Å². The molecular weight excluding hydrogens is 448 g/mol. The summed E-state index contributed by atoms with van der Waals surface area (Å²) in [5.41, 5.74) is 2.67. The molecule has 0 bridgehead atoms. The van der Waals surface area contributed by atoms with E-state index in [1.54, 1.807) is 43.8 Å². The summed E-state index contributed by atoms with van der Waals surface area (Å²) in [6.07, 6.45) is 0. The van der Waals surface area contributed by atoms with Crippen LogP contribution in [0, 0.1) is 0 Å². The van der Waals surface area contributed by atoms with Crippen LogP contribution < -0.4 is 14.8 Å². The lowest BCUT2D eigenvalue weighted by atomic mass is 10.2. The highest BCUT2D eigenvalue weighted by Gasteiger charge is 2.22. The van der Waals surface area contributed by atoms with Gasteiger partial charge in [0.25, 0.3) is 0 Å². The average molecular weight is 473 g/mol. The molecule has 1 aliphatic heterocycles. The Bertz CT molecular complexity index is 1040. The number of piperazine rings is 1. The van der Waals surface area contributed by atoms with Crippen molar-refractivity contribution in [1.29, 1.82) is 0 Å². The minimum Gasteiger partial charge on any atom is -0.497 e. The number of nitrogens with one attached hydrogen (secondary N) is 1. The number of anilines is 1. The van der Waals surface area contributed by atoms with Gasteiger partial charge in [-0.05, 0) is 12.1 Å². The number of benzene rings is 2. The molecule has 2 heterocycles. The Hall–Kier alpha value is -2.81. The predicted molar refractivity (Wildman–Crippen MR) is 128 cm³/mol. The lowest BCUT2D eigenvalue weighted by Gasteiger charge is -2.34. The topological polar surface area (TPSA) is 66.9 Å². The van der Waals surface area contributed by atoms with Crippen LogP contribution >= 0.6 is 22.9 Å². The fraction of sp³-hybridized carbons (Fsp3) is 0.304. The van der Waals surface area contributed by atoms with Crippen LogP contribution in [0.1, 0.15) is 5.01 Å². The molecule has 9 heteroatoms. The summed E-state index contributed by atoms with van der Waals surface area (Å²) < 4.78 is 10.5. The van der Waals surface area contributed by atoms with E-state index in [2.05, 4.69) is 15.6 Å². The van der Waals surface area contributed by atoms with E-state index < -0.39 is 0 Å². The van der Waals surface area contributed by atoms with Crippen LogP contribution in [0.15, 0.2) is 47.8 Å². The minimum absolute atomic E-state index is 0.126. The summed E-state index contributed by atoms with van der Waals surface area (Å²) >= 11 is 7.63. The zero-order chi connectivity index (χ0) is 22.5. The maximum absolute atomic E-state index is 12.7. The summed E-state index contributed by atoms with van der Waals surface area (Å²) in [5.74, 6) is 1.26. The maximum atomic E-state index is 12.7. The standard InChI is InChI=1S/C23H25ClN4O3S/c1-30-19-11-18(12-20(13-19)31-2)25-23(29)28-9-7-27(8-10-28)14-22-26-21(15-32-22)16-3-5-17(24)6-4-16/h3-6,11-13,15H,7-10,14H2,1-2H3,(H,25,29). The Labute approximate surface area is 196 Å². The van der Waals surface area contributed by atoms with Crippen LogP contribution in [0.5, 0.6) is 11.5 Å². The van der Waals surface area contributed by atoms with Crippen LogP contribution in [0.25, 0.3) is 11.3 Å². The van der Waals surface area contributed by atoms with Gasteiger partial charge >= 0.3 is 6.03 Å². The highest BCUT2D eigenvalue weighted by atomic mass is 35.5.